The van der Waals surface area contributed by atoms with Crippen LogP contribution < -0.4 is 5.32 Å². The third-order valence-electron chi connectivity index (χ3n) is 5.90. The van der Waals surface area contributed by atoms with Crippen LogP contribution in [0.2, 0.25) is 0 Å². The van der Waals surface area contributed by atoms with Gasteiger partial charge in [0.25, 0.3) is 0 Å². The normalized spacial score (nSPS) is 17.2. The van der Waals surface area contributed by atoms with E-state index in [1.807, 2.05) is 13.0 Å². The van der Waals surface area contributed by atoms with Gasteiger partial charge in [0, 0.05) is 37.2 Å². The summed E-state index contributed by atoms with van der Waals surface area (Å²) < 4.78 is 35.4. The number of piperidine rings is 1. The van der Waals surface area contributed by atoms with Crippen molar-refractivity contribution in [2.24, 2.45) is 13.0 Å². The summed E-state index contributed by atoms with van der Waals surface area (Å²) in [5, 5.41) is 2.79. The maximum atomic E-state index is 13.6. The van der Waals surface area contributed by atoms with Crippen molar-refractivity contribution >= 4 is 27.7 Å². The Labute approximate surface area is 188 Å². The first-order valence-corrected chi connectivity index (χ1v) is 12.1. The summed E-state index contributed by atoms with van der Waals surface area (Å²) in [7, 11) is -2.30. The molecule has 0 aromatic carbocycles. The van der Waals surface area contributed by atoms with Gasteiger partial charge in [0.05, 0.1) is 12.5 Å². The van der Waals surface area contributed by atoms with Crippen LogP contribution in [0.1, 0.15) is 47.2 Å². The molecule has 0 aliphatic carbocycles. The third-order valence-corrected chi connectivity index (χ3v) is 7.92. The zero-order valence-corrected chi connectivity index (χ0v) is 20.0. The summed E-state index contributed by atoms with van der Waals surface area (Å²) in [5.41, 5.74) is 1.82. The highest BCUT2D eigenvalue weighted by atomic mass is 32.2. The number of hydrogen-bond donors (Lipinski definition) is 1. The van der Waals surface area contributed by atoms with E-state index < -0.39 is 21.9 Å². The number of aromatic nitrogens is 2. The second-order valence-electron chi connectivity index (χ2n) is 8.01. The lowest BCUT2D eigenvalue weighted by Gasteiger charge is -2.31. The molecule has 1 saturated heterocycles. The predicted octanol–water partition coefficient (Wildman–Crippen LogP) is 2.56. The summed E-state index contributed by atoms with van der Waals surface area (Å²) in [6.45, 7) is 7.33. The molecule has 1 N–H and O–H groups in total. The van der Waals surface area contributed by atoms with Crippen molar-refractivity contribution in [3.05, 3.63) is 40.8 Å². The SMILES string of the molecule is CCOC(=O)c1c(S(=O)(=O)N2CCC[C@@H](C(=O)Nc3cccc(C)n3)C2)c(C)n(C)c1C. The minimum atomic E-state index is -4.02. The highest BCUT2D eigenvalue weighted by molar-refractivity contribution is 7.89. The number of pyridine rings is 1. The summed E-state index contributed by atoms with van der Waals surface area (Å²) in [6, 6.07) is 5.33. The predicted molar refractivity (Wildman–Crippen MR) is 120 cm³/mol. The summed E-state index contributed by atoms with van der Waals surface area (Å²) in [6.07, 6.45) is 1.11. The Bertz CT molecular complexity index is 1140. The van der Waals surface area contributed by atoms with Gasteiger partial charge in [-0.1, -0.05) is 6.07 Å². The molecule has 0 spiro atoms. The number of rotatable bonds is 6. The number of esters is 1. The van der Waals surface area contributed by atoms with Gasteiger partial charge in [-0.2, -0.15) is 4.31 Å². The quantitative estimate of drug-likeness (QED) is 0.661. The van der Waals surface area contributed by atoms with E-state index in [-0.39, 0.29) is 36.1 Å². The number of carbonyl (C=O) groups excluding carboxylic acids is 2. The maximum absolute atomic E-state index is 13.6. The van der Waals surface area contributed by atoms with E-state index in [0.29, 0.717) is 30.0 Å². The van der Waals surface area contributed by atoms with Crippen LogP contribution >= 0.6 is 0 Å². The van der Waals surface area contributed by atoms with Crippen LogP contribution in [0, 0.1) is 26.7 Å². The molecular weight excluding hydrogens is 432 g/mol. The van der Waals surface area contributed by atoms with Crippen LogP contribution in [0.15, 0.2) is 23.1 Å². The number of carbonyl (C=O) groups is 2. The lowest BCUT2D eigenvalue weighted by atomic mass is 9.99. The van der Waals surface area contributed by atoms with E-state index in [9.17, 15) is 18.0 Å². The third kappa shape index (κ3) is 4.56. The topological polar surface area (TPSA) is 111 Å². The van der Waals surface area contributed by atoms with Crippen molar-refractivity contribution in [2.75, 3.05) is 25.0 Å². The second-order valence-corrected chi connectivity index (χ2v) is 9.88. The van der Waals surface area contributed by atoms with E-state index in [0.717, 1.165) is 5.69 Å². The molecule has 0 unspecified atom stereocenters. The van der Waals surface area contributed by atoms with Crippen LogP contribution in [0.25, 0.3) is 0 Å². The van der Waals surface area contributed by atoms with Gasteiger partial charge < -0.3 is 14.6 Å². The first-order valence-electron chi connectivity index (χ1n) is 10.7. The van der Waals surface area contributed by atoms with Gasteiger partial charge in [-0.25, -0.2) is 18.2 Å². The van der Waals surface area contributed by atoms with Crippen molar-refractivity contribution in [1.82, 2.24) is 13.9 Å². The van der Waals surface area contributed by atoms with Crippen LogP contribution in [-0.4, -0.2) is 53.8 Å². The summed E-state index contributed by atoms with van der Waals surface area (Å²) >= 11 is 0. The monoisotopic (exact) mass is 462 g/mol. The summed E-state index contributed by atoms with van der Waals surface area (Å²) in [4.78, 5) is 29.7. The van der Waals surface area contributed by atoms with Crippen LogP contribution in [0.4, 0.5) is 5.82 Å². The van der Waals surface area contributed by atoms with Crippen molar-refractivity contribution in [1.29, 1.82) is 0 Å². The van der Waals surface area contributed by atoms with Crippen LogP contribution in [0.5, 0.6) is 0 Å². The molecule has 9 nitrogen and oxygen atoms in total. The minimum absolute atomic E-state index is 0.0373. The molecule has 1 aliphatic rings. The number of hydrogen-bond acceptors (Lipinski definition) is 6. The molecule has 0 bridgehead atoms. The fourth-order valence-electron chi connectivity index (χ4n) is 4.02. The number of anilines is 1. The number of amides is 1. The molecule has 0 saturated carbocycles. The smallest absolute Gasteiger partial charge is 0.341 e. The highest BCUT2D eigenvalue weighted by Gasteiger charge is 2.39. The molecule has 0 radical (unpaired) electrons. The lowest BCUT2D eigenvalue weighted by Crippen LogP contribution is -2.44. The molecule has 1 atom stereocenters. The molecule has 10 heteroatoms. The van der Waals surface area contributed by atoms with Crippen molar-refractivity contribution in [3.63, 3.8) is 0 Å². The van der Waals surface area contributed by atoms with Crippen molar-refractivity contribution < 1.29 is 22.7 Å². The molecule has 1 aliphatic heterocycles. The molecule has 1 fully saturated rings. The molecule has 2 aromatic rings. The van der Waals surface area contributed by atoms with Crippen molar-refractivity contribution in [2.45, 2.75) is 45.4 Å². The Morgan fingerprint density at radius 2 is 1.94 bits per heavy atom. The first-order chi connectivity index (χ1) is 15.1. The number of sulfonamides is 1. The van der Waals surface area contributed by atoms with E-state index in [1.54, 1.807) is 44.5 Å². The first kappa shape index (κ1) is 23.9. The van der Waals surface area contributed by atoms with Gasteiger partial charge in [0.15, 0.2) is 0 Å². The second kappa shape index (κ2) is 9.41. The maximum Gasteiger partial charge on any atom is 0.341 e. The van der Waals surface area contributed by atoms with E-state index in [4.69, 9.17) is 4.74 Å². The molecule has 2 aromatic heterocycles. The van der Waals surface area contributed by atoms with Crippen LogP contribution in [0.3, 0.4) is 0 Å². The molecule has 174 valence electrons. The fraction of sp³-hybridized carbons (Fsp3) is 0.500. The Kier molecular flexibility index (Phi) is 7.04. The molecule has 3 heterocycles. The van der Waals surface area contributed by atoms with E-state index in [1.165, 1.54) is 4.31 Å². The Morgan fingerprint density at radius 1 is 1.22 bits per heavy atom. The molecule has 1 amide bonds. The Balaban J connectivity index is 1.88. The number of nitrogens with one attached hydrogen (secondary N) is 1. The zero-order valence-electron chi connectivity index (χ0n) is 19.1. The summed E-state index contributed by atoms with van der Waals surface area (Å²) in [5.74, 6) is -1.01. The average molecular weight is 463 g/mol. The number of aryl methyl sites for hydroxylation is 1. The van der Waals surface area contributed by atoms with Gasteiger partial charge in [-0.15, -0.1) is 0 Å². The van der Waals surface area contributed by atoms with Gasteiger partial charge in [-0.3, -0.25) is 4.79 Å². The van der Waals surface area contributed by atoms with E-state index in [2.05, 4.69) is 10.3 Å². The standard InChI is InChI=1S/C22H30N4O5S/c1-6-31-22(28)19-15(3)25(5)16(4)20(19)32(29,30)26-12-8-10-17(13-26)21(27)24-18-11-7-9-14(2)23-18/h7,9,11,17H,6,8,10,12-13H2,1-5H3,(H,23,24,27)/t17-/m1/s1. The van der Waals surface area contributed by atoms with E-state index >= 15 is 0 Å². The average Bonchev–Trinajstić information content (AvgIpc) is 2.98. The number of nitrogens with zero attached hydrogens (tertiary/aromatic N) is 3. The van der Waals surface area contributed by atoms with Crippen LogP contribution in [-0.2, 0) is 26.6 Å². The Hall–Kier alpha value is -2.72. The van der Waals surface area contributed by atoms with Crippen molar-refractivity contribution in [3.8, 4) is 0 Å². The van der Waals surface area contributed by atoms with Gasteiger partial charge in [0.2, 0.25) is 15.9 Å². The Morgan fingerprint density at radius 3 is 2.59 bits per heavy atom. The molecular formula is C22H30N4O5S. The highest BCUT2D eigenvalue weighted by Crippen LogP contribution is 2.32. The fourth-order valence-corrected chi connectivity index (χ4v) is 6.02. The molecule has 3 rings (SSSR count). The van der Waals surface area contributed by atoms with Gasteiger partial charge in [0.1, 0.15) is 16.3 Å². The minimum Gasteiger partial charge on any atom is -0.462 e. The van der Waals surface area contributed by atoms with Gasteiger partial charge >= 0.3 is 5.97 Å². The lowest BCUT2D eigenvalue weighted by molar-refractivity contribution is -0.120. The zero-order chi connectivity index (χ0) is 23.6. The van der Waals surface area contributed by atoms with Gasteiger partial charge in [-0.05, 0) is 52.7 Å². The number of ether oxygens (including phenoxy) is 1. The molecule has 32 heavy (non-hydrogen) atoms. The largest absolute Gasteiger partial charge is 0.462 e.